The Morgan fingerprint density at radius 2 is 1.95 bits per heavy atom. The average molecular weight is 268 g/mol. The summed E-state index contributed by atoms with van der Waals surface area (Å²) in [6.45, 7) is 0. The van der Waals surface area contributed by atoms with Crippen LogP contribution in [-0.2, 0) is 0 Å². The van der Waals surface area contributed by atoms with Gasteiger partial charge < -0.3 is 10.4 Å². The SMILES string of the molecule is CNc1ccc(-c2ccc(-c3c[nH]nn3)cc2O)nn1. The van der Waals surface area contributed by atoms with Gasteiger partial charge in [-0.25, -0.2) is 0 Å². The summed E-state index contributed by atoms with van der Waals surface area (Å²) in [7, 11) is 1.77. The second-order valence-electron chi connectivity index (χ2n) is 4.14. The first kappa shape index (κ1) is 12.1. The van der Waals surface area contributed by atoms with Crippen LogP contribution >= 0.6 is 0 Å². The fraction of sp³-hybridized carbons (Fsp3) is 0.0769. The first-order valence-corrected chi connectivity index (χ1v) is 5.99. The lowest BCUT2D eigenvalue weighted by Crippen LogP contribution is -1.95. The molecule has 0 spiro atoms. The molecule has 0 saturated carbocycles. The molecular weight excluding hydrogens is 256 g/mol. The number of rotatable bonds is 3. The smallest absolute Gasteiger partial charge is 0.148 e. The van der Waals surface area contributed by atoms with Crippen molar-refractivity contribution >= 4 is 5.82 Å². The van der Waals surface area contributed by atoms with E-state index in [0.717, 1.165) is 5.56 Å². The molecular formula is C13H12N6O. The molecule has 0 unspecified atom stereocenters. The second-order valence-corrected chi connectivity index (χ2v) is 4.14. The number of benzene rings is 1. The van der Waals surface area contributed by atoms with E-state index in [9.17, 15) is 5.11 Å². The number of hydrogen-bond donors (Lipinski definition) is 3. The van der Waals surface area contributed by atoms with E-state index in [1.165, 1.54) is 0 Å². The molecule has 0 aliphatic carbocycles. The Morgan fingerprint density at radius 3 is 2.55 bits per heavy atom. The van der Waals surface area contributed by atoms with Gasteiger partial charge in [-0.3, -0.25) is 5.10 Å². The molecule has 2 heterocycles. The van der Waals surface area contributed by atoms with Crippen LogP contribution in [0.15, 0.2) is 36.5 Å². The molecule has 100 valence electrons. The van der Waals surface area contributed by atoms with Crippen LogP contribution < -0.4 is 5.32 Å². The highest BCUT2D eigenvalue weighted by Gasteiger charge is 2.09. The minimum Gasteiger partial charge on any atom is -0.507 e. The molecule has 0 saturated heterocycles. The highest BCUT2D eigenvalue weighted by atomic mass is 16.3. The molecule has 0 aliphatic rings. The van der Waals surface area contributed by atoms with E-state index in [-0.39, 0.29) is 5.75 Å². The van der Waals surface area contributed by atoms with Crippen LogP contribution in [0.4, 0.5) is 5.82 Å². The van der Waals surface area contributed by atoms with Crippen LogP contribution in [0, 0.1) is 0 Å². The molecule has 2 aromatic heterocycles. The van der Waals surface area contributed by atoms with Gasteiger partial charge >= 0.3 is 0 Å². The molecule has 0 amide bonds. The maximum atomic E-state index is 10.1. The van der Waals surface area contributed by atoms with Crippen molar-refractivity contribution in [2.45, 2.75) is 0 Å². The number of aromatic hydroxyl groups is 1. The van der Waals surface area contributed by atoms with Gasteiger partial charge in [0.15, 0.2) is 0 Å². The average Bonchev–Trinajstić information content (AvgIpc) is 3.01. The zero-order valence-corrected chi connectivity index (χ0v) is 10.7. The molecule has 1 aromatic carbocycles. The van der Waals surface area contributed by atoms with Gasteiger partial charge in [0.2, 0.25) is 0 Å². The molecule has 0 aliphatic heterocycles. The molecule has 3 rings (SSSR count). The van der Waals surface area contributed by atoms with Gasteiger partial charge in [-0.1, -0.05) is 11.3 Å². The van der Waals surface area contributed by atoms with Gasteiger partial charge in [0.25, 0.3) is 0 Å². The zero-order chi connectivity index (χ0) is 13.9. The minimum atomic E-state index is 0.122. The van der Waals surface area contributed by atoms with Crippen molar-refractivity contribution in [1.82, 2.24) is 25.6 Å². The molecule has 20 heavy (non-hydrogen) atoms. The van der Waals surface area contributed by atoms with Crippen molar-refractivity contribution in [2.24, 2.45) is 0 Å². The van der Waals surface area contributed by atoms with Crippen LogP contribution in [0.25, 0.3) is 22.5 Å². The Labute approximate surface area is 114 Å². The maximum absolute atomic E-state index is 10.1. The number of aromatic nitrogens is 5. The lowest BCUT2D eigenvalue weighted by atomic mass is 10.1. The van der Waals surface area contributed by atoms with Gasteiger partial charge in [-0.05, 0) is 24.3 Å². The molecule has 0 atom stereocenters. The molecule has 0 bridgehead atoms. The summed E-state index contributed by atoms with van der Waals surface area (Å²) in [5, 5.41) is 31.3. The van der Waals surface area contributed by atoms with Crippen LogP contribution in [0.1, 0.15) is 0 Å². The third kappa shape index (κ3) is 2.16. The number of phenolic OH excluding ortho intramolecular Hbond substituents is 1. The monoisotopic (exact) mass is 268 g/mol. The number of aromatic amines is 1. The van der Waals surface area contributed by atoms with Gasteiger partial charge in [-0.2, -0.15) is 0 Å². The Balaban J connectivity index is 1.98. The Bertz CT molecular complexity index is 708. The molecule has 0 fully saturated rings. The van der Waals surface area contributed by atoms with Crippen LogP contribution in [0.2, 0.25) is 0 Å². The summed E-state index contributed by atoms with van der Waals surface area (Å²) in [5.41, 5.74) is 2.67. The van der Waals surface area contributed by atoms with Crippen molar-refractivity contribution in [3.63, 3.8) is 0 Å². The van der Waals surface area contributed by atoms with E-state index in [0.29, 0.717) is 22.8 Å². The summed E-state index contributed by atoms with van der Waals surface area (Å²) < 4.78 is 0. The standard InChI is InChI=1S/C13H12N6O/c1-14-13-5-4-10(16-18-13)9-3-2-8(6-12(9)20)11-7-15-19-17-11/h2-7,20H,1H3,(H,14,18)(H,15,17,19). The normalized spacial score (nSPS) is 10.4. The lowest BCUT2D eigenvalue weighted by molar-refractivity contribution is 0.477. The third-order valence-corrected chi connectivity index (χ3v) is 2.91. The van der Waals surface area contributed by atoms with Crippen LogP contribution in [0.3, 0.4) is 0 Å². The quantitative estimate of drug-likeness (QED) is 0.668. The molecule has 7 nitrogen and oxygen atoms in total. The van der Waals surface area contributed by atoms with Crippen LogP contribution in [0.5, 0.6) is 5.75 Å². The lowest BCUT2D eigenvalue weighted by Gasteiger charge is -2.06. The van der Waals surface area contributed by atoms with Crippen LogP contribution in [-0.4, -0.2) is 37.8 Å². The topological polar surface area (TPSA) is 99.6 Å². The largest absolute Gasteiger partial charge is 0.507 e. The van der Waals surface area contributed by atoms with E-state index in [2.05, 4.69) is 30.9 Å². The summed E-state index contributed by atoms with van der Waals surface area (Å²) in [6, 6.07) is 8.85. The van der Waals surface area contributed by atoms with Gasteiger partial charge in [0.1, 0.15) is 17.3 Å². The van der Waals surface area contributed by atoms with Crippen molar-refractivity contribution < 1.29 is 5.11 Å². The van der Waals surface area contributed by atoms with E-state index in [1.807, 2.05) is 6.07 Å². The van der Waals surface area contributed by atoms with E-state index in [4.69, 9.17) is 0 Å². The third-order valence-electron chi connectivity index (χ3n) is 2.91. The number of hydrogen-bond acceptors (Lipinski definition) is 6. The summed E-state index contributed by atoms with van der Waals surface area (Å²) in [6.07, 6.45) is 1.66. The minimum absolute atomic E-state index is 0.122. The summed E-state index contributed by atoms with van der Waals surface area (Å²) >= 11 is 0. The first-order chi connectivity index (χ1) is 9.78. The Morgan fingerprint density at radius 1 is 1.05 bits per heavy atom. The fourth-order valence-corrected chi connectivity index (χ4v) is 1.86. The Hall–Kier alpha value is -2.96. The predicted molar refractivity (Wildman–Crippen MR) is 74.1 cm³/mol. The molecule has 7 heteroatoms. The number of nitrogens with one attached hydrogen (secondary N) is 2. The summed E-state index contributed by atoms with van der Waals surface area (Å²) in [4.78, 5) is 0. The zero-order valence-electron chi connectivity index (χ0n) is 10.7. The Kier molecular flexibility index (Phi) is 3.00. The number of phenols is 1. The molecule has 0 radical (unpaired) electrons. The van der Waals surface area contributed by atoms with Crippen molar-refractivity contribution in [2.75, 3.05) is 12.4 Å². The highest BCUT2D eigenvalue weighted by Crippen LogP contribution is 2.31. The van der Waals surface area contributed by atoms with E-state index in [1.54, 1.807) is 37.5 Å². The van der Waals surface area contributed by atoms with Crippen molar-refractivity contribution in [3.8, 4) is 28.3 Å². The maximum Gasteiger partial charge on any atom is 0.148 e. The van der Waals surface area contributed by atoms with Gasteiger partial charge in [0.05, 0.1) is 5.69 Å². The number of anilines is 1. The van der Waals surface area contributed by atoms with Gasteiger partial charge in [-0.15, -0.1) is 15.3 Å². The predicted octanol–water partition coefficient (Wildman–Crippen LogP) is 1.68. The number of H-pyrrole nitrogens is 1. The fourth-order valence-electron chi connectivity index (χ4n) is 1.86. The van der Waals surface area contributed by atoms with Crippen molar-refractivity contribution in [1.29, 1.82) is 0 Å². The highest BCUT2D eigenvalue weighted by molar-refractivity contribution is 5.72. The second kappa shape index (κ2) is 4.96. The first-order valence-electron chi connectivity index (χ1n) is 5.99. The number of nitrogens with zero attached hydrogens (tertiary/aromatic N) is 4. The van der Waals surface area contributed by atoms with Gasteiger partial charge in [0, 0.05) is 24.4 Å². The molecule has 3 N–H and O–H groups in total. The molecule has 3 aromatic rings. The van der Waals surface area contributed by atoms with E-state index >= 15 is 0 Å². The summed E-state index contributed by atoms with van der Waals surface area (Å²) in [5.74, 6) is 0.796. The van der Waals surface area contributed by atoms with E-state index < -0.39 is 0 Å². The van der Waals surface area contributed by atoms with Crippen molar-refractivity contribution in [3.05, 3.63) is 36.5 Å².